The molecule has 0 saturated heterocycles. The summed E-state index contributed by atoms with van der Waals surface area (Å²) in [6.07, 6.45) is 3.66. The molecule has 3 rings (SSSR count). The van der Waals surface area contributed by atoms with Crippen molar-refractivity contribution in [2.45, 2.75) is 13.0 Å². The highest BCUT2D eigenvalue weighted by Crippen LogP contribution is 2.27. The normalized spacial score (nSPS) is 12.0. The lowest BCUT2D eigenvalue weighted by atomic mass is 10.1. The predicted molar refractivity (Wildman–Crippen MR) is 83.7 cm³/mol. The minimum Gasteiger partial charge on any atom is -0.508 e. The fourth-order valence-electron chi connectivity index (χ4n) is 2.34. The molecule has 4 nitrogen and oxygen atoms in total. The number of rotatable bonds is 4. The van der Waals surface area contributed by atoms with Gasteiger partial charge < -0.3 is 10.4 Å². The summed E-state index contributed by atoms with van der Waals surface area (Å²) < 4.78 is 1.82. The maximum absolute atomic E-state index is 9.91. The van der Waals surface area contributed by atoms with Crippen molar-refractivity contribution in [1.29, 1.82) is 0 Å². The lowest BCUT2D eigenvalue weighted by Gasteiger charge is -2.17. The first kappa shape index (κ1) is 13.2. The smallest absolute Gasteiger partial charge is 0.120 e. The van der Waals surface area contributed by atoms with Crippen molar-refractivity contribution in [3.63, 3.8) is 0 Å². The van der Waals surface area contributed by atoms with E-state index in [4.69, 9.17) is 0 Å². The predicted octanol–water partition coefficient (Wildman–Crippen LogP) is 3.75. The number of phenolic OH excluding ortho intramolecular Hbond substituents is 1. The molecular weight excluding hydrogens is 262 g/mol. The van der Waals surface area contributed by atoms with Crippen molar-refractivity contribution in [3.05, 3.63) is 72.6 Å². The highest BCUT2D eigenvalue weighted by Gasteiger charge is 2.09. The summed E-state index contributed by atoms with van der Waals surface area (Å²) in [6.45, 7) is 2.02. The van der Waals surface area contributed by atoms with Gasteiger partial charge in [0, 0.05) is 23.6 Å². The van der Waals surface area contributed by atoms with E-state index >= 15 is 0 Å². The van der Waals surface area contributed by atoms with E-state index < -0.39 is 0 Å². The van der Waals surface area contributed by atoms with E-state index in [9.17, 15) is 5.11 Å². The van der Waals surface area contributed by atoms with Gasteiger partial charge in [-0.1, -0.05) is 24.3 Å². The van der Waals surface area contributed by atoms with Crippen LogP contribution in [0.4, 0.5) is 5.69 Å². The molecule has 4 heteroatoms. The van der Waals surface area contributed by atoms with Gasteiger partial charge in [0.2, 0.25) is 0 Å². The lowest BCUT2D eigenvalue weighted by Crippen LogP contribution is -2.07. The first-order valence-corrected chi connectivity index (χ1v) is 6.88. The Labute approximate surface area is 123 Å². The Hall–Kier alpha value is -2.75. The highest BCUT2D eigenvalue weighted by molar-refractivity contribution is 5.53. The molecule has 21 heavy (non-hydrogen) atoms. The topological polar surface area (TPSA) is 50.1 Å². The Morgan fingerprint density at radius 2 is 1.95 bits per heavy atom. The maximum Gasteiger partial charge on any atom is 0.120 e. The van der Waals surface area contributed by atoms with Crippen LogP contribution in [0.5, 0.6) is 5.75 Å². The quantitative estimate of drug-likeness (QED) is 0.764. The van der Waals surface area contributed by atoms with Crippen molar-refractivity contribution < 1.29 is 5.11 Å². The molecule has 1 heterocycles. The third kappa shape index (κ3) is 2.89. The molecule has 0 saturated carbocycles. The molecule has 0 aliphatic carbocycles. The molecule has 0 aliphatic heterocycles. The number of hydrogen-bond donors (Lipinski definition) is 2. The summed E-state index contributed by atoms with van der Waals surface area (Å²) in [4.78, 5) is 0. The molecule has 1 aromatic heterocycles. The average Bonchev–Trinajstić information content (AvgIpc) is 3.02. The Balaban J connectivity index is 1.82. The number of para-hydroxylation sites is 1. The largest absolute Gasteiger partial charge is 0.508 e. The monoisotopic (exact) mass is 279 g/mol. The van der Waals surface area contributed by atoms with Gasteiger partial charge in [-0.05, 0) is 37.3 Å². The van der Waals surface area contributed by atoms with Crippen molar-refractivity contribution in [2.24, 2.45) is 0 Å². The van der Waals surface area contributed by atoms with Gasteiger partial charge in [-0.2, -0.15) is 5.10 Å². The van der Waals surface area contributed by atoms with Crippen molar-refractivity contribution in [2.75, 3.05) is 5.32 Å². The number of nitrogens with one attached hydrogen (secondary N) is 1. The fourth-order valence-corrected chi connectivity index (χ4v) is 2.34. The van der Waals surface area contributed by atoms with Gasteiger partial charge in [0.15, 0.2) is 0 Å². The summed E-state index contributed by atoms with van der Waals surface area (Å²) >= 11 is 0. The van der Waals surface area contributed by atoms with E-state index in [1.165, 1.54) is 0 Å². The van der Waals surface area contributed by atoms with Gasteiger partial charge in [-0.25, -0.2) is 4.68 Å². The molecule has 3 aromatic rings. The first-order chi connectivity index (χ1) is 10.2. The molecular formula is C17H17N3O. The molecule has 2 aromatic carbocycles. The van der Waals surface area contributed by atoms with Crippen LogP contribution in [0.2, 0.25) is 0 Å². The standard InChI is InChI=1S/C17H17N3O/c1-13(16-8-2-3-9-17(16)21)19-14-6-4-7-15(12-14)20-11-5-10-18-20/h2-13,19,21H,1H3. The Morgan fingerprint density at radius 3 is 2.71 bits per heavy atom. The molecule has 0 radical (unpaired) electrons. The molecule has 1 unspecified atom stereocenters. The van der Waals surface area contributed by atoms with Crippen LogP contribution in [0.3, 0.4) is 0 Å². The summed E-state index contributed by atoms with van der Waals surface area (Å²) in [6, 6.07) is 17.3. The van der Waals surface area contributed by atoms with Crippen LogP contribution >= 0.6 is 0 Å². The summed E-state index contributed by atoms with van der Waals surface area (Å²) in [5.74, 6) is 0.306. The Bertz CT molecular complexity index is 722. The molecule has 1 atom stereocenters. The minimum atomic E-state index is 0.0130. The van der Waals surface area contributed by atoms with E-state index in [0.717, 1.165) is 16.9 Å². The Morgan fingerprint density at radius 1 is 1.10 bits per heavy atom. The van der Waals surface area contributed by atoms with Gasteiger partial charge in [0.05, 0.1) is 11.7 Å². The van der Waals surface area contributed by atoms with Crippen molar-refractivity contribution >= 4 is 5.69 Å². The first-order valence-electron chi connectivity index (χ1n) is 6.88. The van der Waals surface area contributed by atoms with Crippen LogP contribution < -0.4 is 5.32 Å². The number of aromatic hydroxyl groups is 1. The van der Waals surface area contributed by atoms with Gasteiger partial charge in [0.1, 0.15) is 5.75 Å². The van der Waals surface area contributed by atoms with Gasteiger partial charge in [0.25, 0.3) is 0 Å². The number of nitrogens with zero attached hydrogens (tertiary/aromatic N) is 2. The molecule has 0 bridgehead atoms. The Kier molecular flexibility index (Phi) is 3.60. The van der Waals surface area contributed by atoms with E-state index in [1.807, 2.05) is 66.3 Å². The molecule has 0 spiro atoms. The third-order valence-electron chi connectivity index (χ3n) is 3.40. The second kappa shape index (κ2) is 5.71. The maximum atomic E-state index is 9.91. The summed E-state index contributed by atoms with van der Waals surface area (Å²) in [7, 11) is 0. The molecule has 0 aliphatic rings. The number of hydrogen-bond acceptors (Lipinski definition) is 3. The number of aromatic nitrogens is 2. The van der Waals surface area contributed by atoms with Crippen LogP contribution in [0.1, 0.15) is 18.5 Å². The number of phenols is 1. The van der Waals surface area contributed by atoms with Crippen molar-refractivity contribution in [1.82, 2.24) is 9.78 Å². The number of anilines is 1. The van der Waals surface area contributed by atoms with Crippen molar-refractivity contribution in [3.8, 4) is 11.4 Å². The SMILES string of the molecule is CC(Nc1cccc(-n2cccn2)c1)c1ccccc1O. The van der Waals surface area contributed by atoms with Crippen LogP contribution in [0, 0.1) is 0 Å². The average molecular weight is 279 g/mol. The van der Waals surface area contributed by atoms with Crippen LogP contribution in [-0.4, -0.2) is 14.9 Å². The van der Waals surface area contributed by atoms with Crippen LogP contribution in [0.15, 0.2) is 67.0 Å². The van der Waals surface area contributed by atoms with Crippen LogP contribution in [-0.2, 0) is 0 Å². The second-order valence-electron chi connectivity index (χ2n) is 4.93. The zero-order valence-corrected chi connectivity index (χ0v) is 11.8. The number of benzene rings is 2. The van der Waals surface area contributed by atoms with E-state index in [-0.39, 0.29) is 6.04 Å². The summed E-state index contributed by atoms with van der Waals surface area (Å²) in [5, 5.41) is 17.5. The fraction of sp³-hybridized carbons (Fsp3) is 0.118. The zero-order chi connectivity index (χ0) is 14.7. The lowest BCUT2D eigenvalue weighted by molar-refractivity contribution is 0.465. The van der Waals surface area contributed by atoms with Crippen LogP contribution in [0.25, 0.3) is 5.69 Å². The molecule has 2 N–H and O–H groups in total. The van der Waals surface area contributed by atoms with E-state index in [0.29, 0.717) is 5.75 Å². The van der Waals surface area contributed by atoms with Gasteiger partial charge >= 0.3 is 0 Å². The van der Waals surface area contributed by atoms with E-state index in [1.54, 1.807) is 12.3 Å². The van der Waals surface area contributed by atoms with Gasteiger partial charge in [-0.3, -0.25) is 0 Å². The second-order valence-corrected chi connectivity index (χ2v) is 4.93. The zero-order valence-electron chi connectivity index (χ0n) is 11.8. The summed E-state index contributed by atoms with van der Waals surface area (Å²) in [5.41, 5.74) is 2.86. The molecule has 0 amide bonds. The minimum absolute atomic E-state index is 0.0130. The molecule has 106 valence electrons. The highest BCUT2D eigenvalue weighted by atomic mass is 16.3. The molecule has 0 fully saturated rings. The van der Waals surface area contributed by atoms with Gasteiger partial charge in [-0.15, -0.1) is 0 Å². The van der Waals surface area contributed by atoms with E-state index in [2.05, 4.69) is 10.4 Å². The third-order valence-corrected chi connectivity index (χ3v) is 3.40.